The highest BCUT2D eigenvalue weighted by Gasteiger charge is 2.40. The maximum atomic E-state index is 5.88. The van der Waals surface area contributed by atoms with Crippen LogP contribution in [0.25, 0.3) is 0 Å². The van der Waals surface area contributed by atoms with Crippen LogP contribution < -0.4 is 41.4 Å². The van der Waals surface area contributed by atoms with Crippen LogP contribution in [-0.4, -0.2) is 37.6 Å². The molecule has 0 spiro atoms. The zero-order chi connectivity index (χ0) is 35.9. The monoisotopic (exact) mass is 698 g/mol. The van der Waals surface area contributed by atoms with Crippen LogP contribution in [0.3, 0.4) is 0 Å². The Balaban J connectivity index is 0.000000206. The van der Waals surface area contributed by atoms with Crippen molar-refractivity contribution in [1.82, 2.24) is 9.55 Å². The van der Waals surface area contributed by atoms with Crippen molar-refractivity contribution >= 4 is 46.7 Å². The van der Waals surface area contributed by atoms with E-state index < -0.39 is 8.07 Å². The van der Waals surface area contributed by atoms with Gasteiger partial charge in [0.2, 0.25) is 6.71 Å². The third-order valence-corrected chi connectivity index (χ3v) is 14.1. The van der Waals surface area contributed by atoms with Crippen LogP contribution in [-0.2, 0) is 6.17 Å². The molecule has 0 amide bonds. The lowest BCUT2D eigenvalue weighted by molar-refractivity contribution is 0.317. The van der Waals surface area contributed by atoms with Gasteiger partial charge < -0.3 is 14.0 Å². The maximum Gasteiger partial charge on any atom is 0.241 e. The highest BCUT2D eigenvalue weighted by atomic mass is 28.3. The first-order valence-electron chi connectivity index (χ1n) is 18.3. The van der Waals surface area contributed by atoms with Crippen LogP contribution in [0.2, 0.25) is 0 Å². The van der Waals surface area contributed by atoms with Crippen molar-refractivity contribution < 1.29 is 9.47 Å². The molecule has 0 atom stereocenters. The van der Waals surface area contributed by atoms with Crippen LogP contribution in [0.1, 0.15) is 26.7 Å². The summed E-state index contributed by atoms with van der Waals surface area (Å²) in [6, 6.07) is 60.4. The first-order valence-corrected chi connectivity index (χ1v) is 20.5. The molecule has 1 heterocycles. The Hall–Kier alpha value is -5.59. The number of hydrogen-bond donors (Lipinski definition) is 0. The molecule has 0 N–H and O–H groups in total. The minimum atomic E-state index is -2.42. The zero-order valence-corrected chi connectivity index (χ0v) is 31.2. The summed E-state index contributed by atoms with van der Waals surface area (Å²) >= 11 is 0. The maximum absolute atomic E-state index is 5.88. The van der Waals surface area contributed by atoms with Gasteiger partial charge in [-0.2, -0.15) is 0 Å². The number of imidazole rings is 1. The quantitative estimate of drug-likeness (QED) is 0.0979. The van der Waals surface area contributed by atoms with Crippen molar-refractivity contribution in [2.45, 2.75) is 32.9 Å². The molecular formula is C46H47BN2O2Si. The van der Waals surface area contributed by atoms with E-state index in [0.29, 0.717) is 6.71 Å². The third-order valence-electron chi connectivity index (χ3n) is 9.28. The Morgan fingerprint density at radius 1 is 0.500 bits per heavy atom. The molecule has 1 aromatic heterocycles. The van der Waals surface area contributed by atoms with Crippen molar-refractivity contribution in [3.05, 3.63) is 189 Å². The van der Waals surface area contributed by atoms with E-state index in [4.69, 9.17) is 9.47 Å². The Kier molecular flexibility index (Phi) is 12.9. The molecule has 6 aromatic carbocycles. The molecule has 260 valence electrons. The summed E-state index contributed by atoms with van der Waals surface area (Å²) in [6.45, 7) is 6.02. The smallest absolute Gasteiger partial charge is 0.241 e. The molecule has 7 aromatic rings. The van der Waals surface area contributed by atoms with Gasteiger partial charge in [0.25, 0.3) is 0 Å². The summed E-state index contributed by atoms with van der Waals surface area (Å²) in [5, 5.41) is 4.05. The summed E-state index contributed by atoms with van der Waals surface area (Å²) in [7, 11) is -2.42. The highest BCUT2D eigenvalue weighted by Crippen LogP contribution is 2.17. The van der Waals surface area contributed by atoms with Gasteiger partial charge in [-0.05, 0) is 52.7 Å². The van der Waals surface area contributed by atoms with Gasteiger partial charge in [0.05, 0.1) is 19.5 Å². The van der Waals surface area contributed by atoms with Gasteiger partial charge in [-0.1, -0.05) is 176 Å². The van der Waals surface area contributed by atoms with Crippen molar-refractivity contribution in [2.24, 2.45) is 0 Å². The van der Waals surface area contributed by atoms with Gasteiger partial charge in [-0.3, -0.25) is 0 Å². The third kappa shape index (κ3) is 9.00. The largest absolute Gasteiger partial charge is 0.494 e. The molecule has 0 fully saturated rings. The van der Waals surface area contributed by atoms with Gasteiger partial charge >= 0.3 is 0 Å². The van der Waals surface area contributed by atoms with Gasteiger partial charge in [0.15, 0.2) is 8.07 Å². The average molecular weight is 699 g/mol. The fourth-order valence-corrected chi connectivity index (χ4v) is 11.3. The van der Waals surface area contributed by atoms with E-state index in [9.17, 15) is 0 Å². The Morgan fingerprint density at radius 3 is 1.25 bits per heavy atom. The number of ether oxygens (including phenoxy) is 2. The lowest BCUT2D eigenvalue weighted by Crippen LogP contribution is -2.69. The van der Waals surface area contributed by atoms with E-state index in [2.05, 4.69) is 199 Å². The summed E-state index contributed by atoms with van der Waals surface area (Å²) in [5.74, 6) is 1.84. The summed E-state index contributed by atoms with van der Waals surface area (Å²) in [6.07, 6.45) is 8.69. The molecule has 4 nitrogen and oxygen atoms in total. The van der Waals surface area contributed by atoms with E-state index in [0.717, 1.165) is 43.7 Å². The predicted octanol–water partition coefficient (Wildman–Crippen LogP) is 6.37. The minimum absolute atomic E-state index is 0.309. The predicted molar refractivity (Wildman–Crippen MR) is 222 cm³/mol. The molecule has 0 aliphatic heterocycles. The van der Waals surface area contributed by atoms with Crippen LogP contribution in [0, 0.1) is 0 Å². The fourth-order valence-electron chi connectivity index (χ4n) is 6.78. The molecule has 6 heteroatoms. The molecule has 0 bridgehead atoms. The van der Waals surface area contributed by atoms with Crippen LogP contribution >= 0.6 is 0 Å². The molecule has 0 radical (unpaired) electrons. The summed E-state index contributed by atoms with van der Waals surface area (Å²) in [5.41, 5.74) is 4.00. The zero-order valence-electron chi connectivity index (χ0n) is 30.2. The standard InChI is InChI=1S/C28H32N2O2Si.C18H15B/c1-3-20-31-24-10-14-27(15-11-24)33(23-30-19-18-29-22-30,26-8-6-5-7-9-26)28-16-12-25(13-17-28)32-21-4-2;1-4-10-16(11-5-1)19(17-12-6-2-7-13-17)18-14-8-3-9-15-18/h5-19,22H,3-4,20-21,23H2,1-2H3;1-15H. The van der Waals surface area contributed by atoms with E-state index in [1.54, 1.807) is 0 Å². The second-order valence-electron chi connectivity index (χ2n) is 12.9. The number of rotatable bonds is 14. The molecule has 0 aliphatic carbocycles. The molecule has 0 unspecified atom stereocenters. The van der Waals surface area contributed by atoms with Crippen LogP contribution in [0.15, 0.2) is 189 Å². The fraction of sp³-hybridized carbons (Fsp3) is 0.152. The molecule has 7 rings (SSSR count). The number of aromatic nitrogens is 2. The number of nitrogens with zero attached hydrogens (tertiary/aromatic N) is 2. The van der Waals surface area contributed by atoms with Crippen LogP contribution in [0.4, 0.5) is 0 Å². The molecule has 52 heavy (non-hydrogen) atoms. The topological polar surface area (TPSA) is 36.3 Å². The first kappa shape index (κ1) is 36.2. The van der Waals surface area contributed by atoms with Crippen molar-refractivity contribution in [2.75, 3.05) is 13.2 Å². The minimum Gasteiger partial charge on any atom is -0.494 e. The van der Waals surface area contributed by atoms with E-state index in [1.165, 1.54) is 31.9 Å². The second-order valence-corrected chi connectivity index (χ2v) is 16.8. The number of hydrogen-bond acceptors (Lipinski definition) is 3. The van der Waals surface area contributed by atoms with Gasteiger partial charge in [-0.25, -0.2) is 4.98 Å². The molecule has 0 aliphatic rings. The molecule has 0 saturated heterocycles. The SMILES string of the molecule is CCCOc1ccc([Si](Cn2ccnc2)(c2ccccc2)c2ccc(OCCC)cc2)cc1.c1ccc(B(c2ccccc2)c2ccccc2)cc1. The Bertz CT molecular complexity index is 1860. The van der Waals surface area contributed by atoms with E-state index in [1.807, 2.05) is 12.5 Å². The van der Waals surface area contributed by atoms with Gasteiger partial charge in [0, 0.05) is 18.6 Å². The van der Waals surface area contributed by atoms with Gasteiger partial charge in [0.1, 0.15) is 11.5 Å². The normalized spacial score (nSPS) is 10.9. The lowest BCUT2D eigenvalue weighted by Gasteiger charge is -2.34. The Morgan fingerprint density at radius 2 is 0.885 bits per heavy atom. The van der Waals surface area contributed by atoms with Crippen molar-refractivity contribution in [3.63, 3.8) is 0 Å². The second kappa shape index (κ2) is 18.6. The highest BCUT2D eigenvalue weighted by molar-refractivity contribution is 7.10. The average Bonchev–Trinajstić information content (AvgIpc) is 3.74. The van der Waals surface area contributed by atoms with Crippen molar-refractivity contribution in [3.8, 4) is 11.5 Å². The van der Waals surface area contributed by atoms with Crippen molar-refractivity contribution in [1.29, 1.82) is 0 Å². The first-order chi connectivity index (χ1) is 25.7. The lowest BCUT2D eigenvalue weighted by atomic mass is 9.37. The van der Waals surface area contributed by atoms with E-state index in [-0.39, 0.29) is 0 Å². The molecular weight excluding hydrogens is 651 g/mol. The summed E-state index contributed by atoms with van der Waals surface area (Å²) in [4.78, 5) is 4.33. The summed E-state index contributed by atoms with van der Waals surface area (Å²) < 4.78 is 14.0. The van der Waals surface area contributed by atoms with Gasteiger partial charge in [-0.15, -0.1) is 0 Å². The van der Waals surface area contributed by atoms with Crippen LogP contribution in [0.5, 0.6) is 11.5 Å². The Labute approximate surface area is 310 Å². The number of benzene rings is 6. The van der Waals surface area contributed by atoms with E-state index >= 15 is 0 Å². The molecule has 0 saturated carbocycles.